The minimum absolute atomic E-state index is 0.0687. The van der Waals surface area contributed by atoms with E-state index in [2.05, 4.69) is 0 Å². The Morgan fingerprint density at radius 1 is 1.19 bits per heavy atom. The summed E-state index contributed by atoms with van der Waals surface area (Å²) >= 11 is 0. The Morgan fingerprint density at radius 2 is 1.86 bits per heavy atom. The fraction of sp³-hybridized carbons (Fsp3) is 0.500. The Morgan fingerprint density at radius 3 is 2.43 bits per heavy atom. The zero-order valence-electron chi connectivity index (χ0n) is 12.8. The lowest BCUT2D eigenvalue weighted by Gasteiger charge is -2.24. The first-order valence-corrected chi connectivity index (χ1v) is 7.25. The number of carbonyl (C=O) groups excluding carboxylic acids is 1. The van der Waals surface area contributed by atoms with Crippen molar-refractivity contribution in [2.45, 2.75) is 26.3 Å². The summed E-state index contributed by atoms with van der Waals surface area (Å²) in [5.74, 6) is -0.729. The van der Waals surface area contributed by atoms with E-state index in [1.54, 1.807) is 0 Å². The van der Waals surface area contributed by atoms with Crippen molar-refractivity contribution in [3.63, 3.8) is 0 Å². The first-order valence-electron chi connectivity index (χ1n) is 7.25. The molecule has 0 aliphatic heterocycles. The molecule has 0 atom stereocenters. The van der Waals surface area contributed by atoms with Gasteiger partial charge in [0.15, 0.2) is 0 Å². The van der Waals surface area contributed by atoms with Gasteiger partial charge in [-0.2, -0.15) is 0 Å². The number of aliphatic carboxylic acids is 1. The van der Waals surface area contributed by atoms with Crippen LogP contribution in [0.3, 0.4) is 0 Å². The summed E-state index contributed by atoms with van der Waals surface area (Å²) in [6.45, 7) is 4.17. The van der Waals surface area contributed by atoms with Gasteiger partial charge in [-0.25, -0.2) is 0 Å². The molecule has 0 unspecified atom stereocenters. The molecule has 5 nitrogen and oxygen atoms in total. The number of likely N-dealkylation sites (N-methyl/N-ethyl adjacent to an activating group) is 2. The summed E-state index contributed by atoms with van der Waals surface area (Å²) in [6, 6.07) is 9.90. The van der Waals surface area contributed by atoms with Crippen molar-refractivity contribution in [3.05, 3.63) is 35.9 Å². The Hall–Kier alpha value is -1.88. The summed E-state index contributed by atoms with van der Waals surface area (Å²) in [5.41, 5.74) is 1.11. The molecule has 1 rings (SSSR count). The summed E-state index contributed by atoms with van der Waals surface area (Å²) in [4.78, 5) is 26.4. The Labute approximate surface area is 126 Å². The lowest BCUT2D eigenvalue weighted by Crippen LogP contribution is -2.38. The highest BCUT2D eigenvalue weighted by Crippen LogP contribution is 2.05. The van der Waals surface area contributed by atoms with Gasteiger partial charge in [-0.1, -0.05) is 30.3 Å². The predicted molar refractivity (Wildman–Crippen MR) is 81.9 cm³/mol. The zero-order chi connectivity index (χ0) is 15.7. The van der Waals surface area contributed by atoms with E-state index in [0.29, 0.717) is 32.6 Å². The standard InChI is InChI=1S/C16H24N2O3/c1-3-18(12-14-8-5-4-6-9-14)15(19)13-17(2)11-7-10-16(20)21/h4-6,8-9H,3,7,10-13H2,1-2H3,(H,20,21). The minimum Gasteiger partial charge on any atom is -0.481 e. The van der Waals surface area contributed by atoms with Crippen LogP contribution in [0.4, 0.5) is 0 Å². The van der Waals surface area contributed by atoms with Crippen molar-refractivity contribution < 1.29 is 14.7 Å². The van der Waals surface area contributed by atoms with Crippen LogP contribution in [0.1, 0.15) is 25.3 Å². The molecule has 0 saturated heterocycles. The molecule has 0 aliphatic carbocycles. The van der Waals surface area contributed by atoms with Crippen LogP contribution in [-0.2, 0) is 16.1 Å². The quantitative estimate of drug-likeness (QED) is 0.754. The van der Waals surface area contributed by atoms with Crippen LogP contribution in [0.15, 0.2) is 30.3 Å². The van der Waals surface area contributed by atoms with Gasteiger partial charge < -0.3 is 10.0 Å². The normalized spacial score (nSPS) is 10.6. The van der Waals surface area contributed by atoms with Gasteiger partial charge in [0.1, 0.15) is 0 Å². The highest BCUT2D eigenvalue weighted by molar-refractivity contribution is 5.78. The van der Waals surface area contributed by atoms with Gasteiger partial charge in [0, 0.05) is 19.5 Å². The van der Waals surface area contributed by atoms with Crippen molar-refractivity contribution >= 4 is 11.9 Å². The first kappa shape index (κ1) is 17.2. The van der Waals surface area contributed by atoms with E-state index in [0.717, 1.165) is 5.56 Å². The molecule has 0 saturated carbocycles. The van der Waals surface area contributed by atoms with Crippen LogP contribution in [0.2, 0.25) is 0 Å². The topological polar surface area (TPSA) is 60.9 Å². The summed E-state index contributed by atoms with van der Waals surface area (Å²) < 4.78 is 0. The number of hydrogen-bond donors (Lipinski definition) is 1. The number of amides is 1. The monoisotopic (exact) mass is 292 g/mol. The molecule has 1 aromatic rings. The van der Waals surface area contributed by atoms with E-state index in [1.165, 1.54) is 0 Å². The van der Waals surface area contributed by atoms with Crippen LogP contribution < -0.4 is 0 Å². The highest BCUT2D eigenvalue weighted by Gasteiger charge is 2.14. The fourth-order valence-electron chi connectivity index (χ4n) is 2.09. The maximum absolute atomic E-state index is 12.3. The lowest BCUT2D eigenvalue weighted by molar-refractivity contribution is -0.137. The van der Waals surface area contributed by atoms with Crippen molar-refractivity contribution in [3.8, 4) is 0 Å². The van der Waals surface area contributed by atoms with E-state index in [9.17, 15) is 9.59 Å². The maximum atomic E-state index is 12.3. The number of carbonyl (C=O) groups is 2. The minimum atomic E-state index is -0.797. The highest BCUT2D eigenvalue weighted by atomic mass is 16.4. The van der Waals surface area contributed by atoms with Gasteiger partial charge >= 0.3 is 5.97 Å². The fourth-order valence-corrected chi connectivity index (χ4v) is 2.09. The Kier molecular flexibility index (Phi) is 7.46. The van der Waals surface area contributed by atoms with Crippen molar-refractivity contribution in [2.24, 2.45) is 0 Å². The molecule has 0 aliphatic rings. The van der Waals surface area contributed by atoms with Gasteiger partial charge in [0.05, 0.1) is 6.54 Å². The molecule has 116 valence electrons. The molecular weight excluding hydrogens is 268 g/mol. The number of carboxylic acids is 1. The van der Waals surface area contributed by atoms with Crippen molar-refractivity contribution in [1.82, 2.24) is 9.80 Å². The lowest BCUT2D eigenvalue weighted by atomic mass is 10.2. The third-order valence-corrected chi connectivity index (χ3v) is 3.29. The second-order valence-corrected chi connectivity index (χ2v) is 5.13. The van der Waals surface area contributed by atoms with E-state index in [-0.39, 0.29) is 12.3 Å². The van der Waals surface area contributed by atoms with Crippen molar-refractivity contribution in [2.75, 3.05) is 26.7 Å². The predicted octanol–water partition coefficient (Wildman–Crippen LogP) is 1.83. The van der Waals surface area contributed by atoms with Gasteiger partial charge in [-0.05, 0) is 32.5 Å². The smallest absolute Gasteiger partial charge is 0.303 e. The molecule has 21 heavy (non-hydrogen) atoms. The van der Waals surface area contributed by atoms with Crippen LogP contribution >= 0.6 is 0 Å². The van der Waals surface area contributed by atoms with Crippen LogP contribution in [0, 0.1) is 0 Å². The molecular formula is C16H24N2O3. The molecule has 0 fully saturated rings. The molecule has 0 heterocycles. The largest absolute Gasteiger partial charge is 0.481 e. The maximum Gasteiger partial charge on any atom is 0.303 e. The van der Waals surface area contributed by atoms with Gasteiger partial charge in [0.2, 0.25) is 5.91 Å². The molecule has 1 aromatic carbocycles. The number of rotatable bonds is 9. The van der Waals surface area contributed by atoms with Crippen LogP contribution in [0.5, 0.6) is 0 Å². The van der Waals surface area contributed by atoms with Crippen LogP contribution in [-0.4, -0.2) is 53.5 Å². The second-order valence-electron chi connectivity index (χ2n) is 5.13. The SMILES string of the molecule is CCN(Cc1ccccc1)C(=O)CN(C)CCCC(=O)O. The number of carboxylic acid groups (broad SMARTS) is 1. The van der Waals surface area contributed by atoms with Gasteiger partial charge in [-0.15, -0.1) is 0 Å². The summed E-state index contributed by atoms with van der Waals surface area (Å²) in [7, 11) is 1.84. The van der Waals surface area contributed by atoms with Gasteiger partial charge in [0.25, 0.3) is 0 Å². The Balaban J connectivity index is 2.42. The molecule has 0 aromatic heterocycles. The van der Waals surface area contributed by atoms with E-state index >= 15 is 0 Å². The third kappa shape index (κ3) is 6.90. The molecule has 1 amide bonds. The van der Waals surface area contributed by atoms with Crippen LogP contribution in [0.25, 0.3) is 0 Å². The number of hydrogen-bond acceptors (Lipinski definition) is 3. The average molecular weight is 292 g/mol. The number of benzene rings is 1. The second kappa shape index (κ2) is 9.13. The van der Waals surface area contributed by atoms with E-state index in [1.807, 2.05) is 54.1 Å². The molecule has 0 spiro atoms. The number of nitrogens with zero attached hydrogens (tertiary/aromatic N) is 2. The van der Waals surface area contributed by atoms with Gasteiger partial charge in [-0.3, -0.25) is 14.5 Å². The van der Waals surface area contributed by atoms with E-state index in [4.69, 9.17) is 5.11 Å². The molecule has 5 heteroatoms. The third-order valence-electron chi connectivity index (χ3n) is 3.29. The molecule has 0 radical (unpaired) electrons. The van der Waals surface area contributed by atoms with E-state index < -0.39 is 5.97 Å². The average Bonchev–Trinajstić information content (AvgIpc) is 2.45. The summed E-state index contributed by atoms with van der Waals surface area (Å²) in [5, 5.41) is 8.60. The zero-order valence-corrected chi connectivity index (χ0v) is 12.8. The molecule has 0 bridgehead atoms. The Bertz CT molecular complexity index is 448. The summed E-state index contributed by atoms with van der Waals surface area (Å²) in [6.07, 6.45) is 0.698. The van der Waals surface area contributed by atoms with Crippen molar-refractivity contribution in [1.29, 1.82) is 0 Å². The first-order chi connectivity index (χ1) is 10.0. The molecule has 1 N–H and O–H groups in total.